The normalized spacial score (nSPS) is 16.1. The van der Waals surface area contributed by atoms with Gasteiger partial charge in [-0.05, 0) is 42.2 Å². The summed E-state index contributed by atoms with van der Waals surface area (Å²) in [5, 5.41) is 0. The standard InChI is InChI=1S/C25H31NO/c1-3-4-8-18-26(24-14-6-5-7-15-24)21(2)11-9-12-22-13-10-16-25-23(20-22)17-19-27-25/h5-7,9-11,13-15,20H,2-4,8,12,16-19H2,1H3/b11-9+. The molecule has 0 saturated carbocycles. The Morgan fingerprint density at radius 2 is 2.07 bits per heavy atom. The van der Waals surface area contributed by atoms with Crippen LogP contribution in [0.2, 0.25) is 0 Å². The molecule has 0 spiro atoms. The second-order valence-electron chi connectivity index (χ2n) is 7.16. The molecule has 0 unspecified atom stereocenters. The van der Waals surface area contributed by atoms with Gasteiger partial charge in [0.15, 0.2) is 0 Å². The Labute approximate surface area is 164 Å². The zero-order chi connectivity index (χ0) is 18.9. The van der Waals surface area contributed by atoms with Crippen LogP contribution in [0.25, 0.3) is 0 Å². The molecule has 1 aliphatic heterocycles. The lowest BCUT2D eigenvalue weighted by atomic mass is 10.1. The molecule has 0 atom stereocenters. The number of para-hydroxylation sites is 1. The van der Waals surface area contributed by atoms with E-state index in [0.717, 1.165) is 43.9 Å². The van der Waals surface area contributed by atoms with Gasteiger partial charge in [-0.15, -0.1) is 0 Å². The highest BCUT2D eigenvalue weighted by Gasteiger charge is 2.15. The third-order valence-electron chi connectivity index (χ3n) is 5.06. The molecule has 3 rings (SSSR count). The highest BCUT2D eigenvalue weighted by atomic mass is 16.5. The summed E-state index contributed by atoms with van der Waals surface area (Å²) < 4.78 is 5.70. The van der Waals surface area contributed by atoms with E-state index in [-0.39, 0.29) is 0 Å². The van der Waals surface area contributed by atoms with Crippen molar-refractivity contribution in [3.05, 3.63) is 89.9 Å². The number of anilines is 1. The topological polar surface area (TPSA) is 12.5 Å². The van der Waals surface area contributed by atoms with Crippen molar-refractivity contribution in [1.82, 2.24) is 0 Å². The van der Waals surface area contributed by atoms with Crippen LogP contribution in [0.5, 0.6) is 0 Å². The summed E-state index contributed by atoms with van der Waals surface area (Å²) in [7, 11) is 0. The fourth-order valence-corrected chi connectivity index (χ4v) is 3.56. The Morgan fingerprint density at radius 1 is 1.22 bits per heavy atom. The van der Waals surface area contributed by atoms with Crippen LogP contribution < -0.4 is 4.90 Å². The van der Waals surface area contributed by atoms with E-state index < -0.39 is 0 Å². The fraction of sp³-hybridized carbons (Fsp3) is 0.360. The molecule has 0 bridgehead atoms. The number of ether oxygens (including phenoxy) is 1. The monoisotopic (exact) mass is 361 g/mol. The van der Waals surface area contributed by atoms with E-state index in [0.29, 0.717) is 0 Å². The van der Waals surface area contributed by atoms with Gasteiger partial charge >= 0.3 is 0 Å². The smallest absolute Gasteiger partial charge is 0.103 e. The van der Waals surface area contributed by atoms with Gasteiger partial charge in [-0.1, -0.05) is 68.8 Å². The van der Waals surface area contributed by atoms with Crippen LogP contribution in [0.3, 0.4) is 0 Å². The molecule has 0 amide bonds. The number of nitrogens with zero attached hydrogens (tertiary/aromatic N) is 1. The minimum Gasteiger partial charge on any atom is -0.497 e. The predicted octanol–water partition coefficient (Wildman–Crippen LogP) is 6.70. The average Bonchev–Trinajstić information content (AvgIpc) is 3.04. The third-order valence-corrected chi connectivity index (χ3v) is 5.06. The highest BCUT2D eigenvalue weighted by molar-refractivity contribution is 5.53. The Kier molecular flexibility index (Phi) is 7.15. The molecule has 27 heavy (non-hydrogen) atoms. The molecule has 0 saturated heterocycles. The first-order valence-corrected chi connectivity index (χ1v) is 10.2. The number of unbranched alkanes of at least 4 members (excludes halogenated alkanes) is 2. The summed E-state index contributed by atoms with van der Waals surface area (Å²) in [6.45, 7) is 8.42. The summed E-state index contributed by atoms with van der Waals surface area (Å²) in [4.78, 5) is 2.33. The van der Waals surface area contributed by atoms with Crippen molar-refractivity contribution in [2.75, 3.05) is 18.1 Å². The maximum Gasteiger partial charge on any atom is 0.103 e. The lowest BCUT2D eigenvalue weighted by Crippen LogP contribution is -2.22. The zero-order valence-corrected chi connectivity index (χ0v) is 16.5. The summed E-state index contributed by atoms with van der Waals surface area (Å²) in [5.41, 5.74) is 4.98. The van der Waals surface area contributed by atoms with Gasteiger partial charge in [-0.2, -0.15) is 0 Å². The van der Waals surface area contributed by atoms with Crippen LogP contribution in [0.1, 0.15) is 45.4 Å². The summed E-state index contributed by atoms with van der Waals surface area (Å²) in [6, 6.07) is 10.6. The molecule has 1 aromatic rings. The molecule has 1 aliphatic carbocycles. The van der Waals surface area contributed by atoms with Crippen molar-refractivity contribution >= 4 is 5.69 Å². The van der Waals surface area contributed by atoms with E-state index in [4.69, 9.17) is 4.74 Å². The van der Waals surface area contributed by atoms with Gasteiger partial charge < -0.3 is 9.64 Å². The van der Waals surface area contributed by atoms with Gasteiger partial charge in [0.1, 0.15) is 5.76 Å². The van der Waals surface area contributed by atoms with Gasteiger partial charge in [0.05, 0.1) is 6.61 Å². The zero-order valence-electron chi connectivity index (χ0n) is 16.5. The first-order valence-electron chi connectivity index (χ1n) is 10.2. The van der Waals surface area contributed by atoms with Gasteiger partial charge in [0.25, 0.3) is 0 Å². The largest absolute Gasteiger partial charge is 0.497 e. The van der Waals surface area contributed by atoms with Crippen molar-refractivity contribution in [2.24, 2.45) is 0 Å². The van der Waals surface area contributed by atoms with E-state index >= 15 is 0 Å². The van der Waals surface area contributed by atoms with E-state index in [9.17, 15) is 0 Å². The average molecular weight is 362 g/mol. The molecular formula is C25H31NO. The molecule has 2 heteroatoms. The molecule has 0 aromatic heterocycles. The first-order chi connectivity index (χ1) is 13.3. The molecule has 0 N–H and O–H groups in total. The van der Waals surface area contributed by atoms with Crippen molar-refractivity contribution in [3.63, 3.8) is 0 Å². The molecule has 1 heterocycles. The van der Waals surface area contributed by atoms with Crippen LogP contribution >= 0.6 is 0 Å². The summed E-state index contributed by atoms with van der Waals surface area (Å²) >= 11 is 0. The van der Waals surface area contributed by atoms with Crippen LogP contribution in [0.15, 0.2) is 89.9 Å². The molecule has 2 nitrogen and oxygen atoms in total. The van der Waals surface area contributed by atoms with Crippen LogP contribution in [-0.2, 0) is 4.74 Å². The van der Waals surface area contributed by atoms with Gasteiger partial charge in [-0.3, -0.25) is 0 Å². The number of rotatable bonds is 9. The van der Waals surface area contributed by atoms with E-state index in [1.165, 1.54) is 36.1 Å². The Hall–Kier alpha value is -2.48. The molecule has 0 radical (unpaired) electrons. The number of hydrogen-bond acceptors (Lipinski definition) is 2. The number of allylic oxidation sites excluding steroid dienone is 6. The molecule has 1 aromatic carbocycles. The van der Waals surface area contributed by atoms with Crippen molar-refractivity contribution in [3.8, 4) is 0 Å². The van der Waals surface area contributed by atoms with Crippen molar-refractivity contribution in [2.45, 2.75) is 45.4 Å². The van der Waals surface area contributed by atoms with E-state index in [2.05, 4.69) is 79.1 Å². The summed E-state index contributed by atoms with van der Waals surface area (Å²) in [6.07, 6.45) is 17.7. The Morgan fingerprint density at radius 3 is 2.89 bits per heavy atom. The second-order valence-corrected chi connectivity index (χ2v) is 7.16. The fourth-order valence-electron chi connectivity index (χ4n) is 3.56. The van der Waals surface area contributed by atoms with Crippen LogP contribution in [-0.4, -0.2) is 13.2 Å². The quantitative estimate of drug-likeness (QED) is 0.358. The van der Waals surface area contributed by atoms with Crippen LogP contribution in [0.4, 0.5) is 5.69 Å². The van der Waals surface area contributed by atoms with Gasteiger partial charge in [0.2, 0.25) is 0 Å². The van der Waals surface area contributed by atoms with Crippen molar-refractivity contribution in [1.29, 1.82) is 0 Å². The Balaban J connectivity index is 1.64. The number of benzene rings is 1. The predicted molar refractivity (Wildman–Crippen MR) is 116 cm³/mol. The maximum atomic E-state index is 5.70. The lowest BCUT2D eigenvalue weighted by molar-refractivity contribution is 0.240. The number of hydrogen-bond donors (Lipinski definition) is 0. The van der Waals surface area contributed by atoms with E-state index in [1.54, 1.807) is 0 Å². The minimum absolute atomic E-state index is 0.832. The van der Waals surface area contributed by atoms with Crippen LogP contribution in [0, 0.1) is 0 Å². The lowest BCUT2D eigenvalue weighted by Gasteiger charge is -2.25. The highest BCUT2D eigenvalue weighted by Crippen LogP contribution is 2.28. The first kappa shape index (κ1) is 19.3. The third kappa shape index (κ3) is 5.50. The SMILES string of the molecule is C=C(/C=C/CC1=CC2=C(CC=C1)OCC2)N(CCCCC)c1ccccc1. The van der Waals surface area contributed by atoms with Gasteiger partial charge in [-0.25, -0.2) is 0 Å². The second kappa shape index (κ2) is 10.0. The molecule has 0 fully saturated rings. The maximum absolute atomic E-state index is 5.70. The van der Waals surface area contributed by atoms with Gasteiger partial charge in [0, 0.05) is 30.8 Å². The minimum atomic E-state index is 0.832. The molecule has 142 valence electrons. The molecule has 2 aliphatic rings. The Bertz CT molecular complexity index is 752. The molecular weight excluding hydrogens is 330 g/mol. The van der Waals surface area contributed by atoms with E-state index in [1.807, 2.05) is 0 Å². The van der Waals surface area contributed by atoms with Crippen molar-refractivity contribution < 1.29 is 4.74 Å². The summed E-state index contributed by atoms with van der Waals surface area (Å²) in [5.74, 6) is 1.15.